The number of nitrogens with zero attached hydrogens (tertiary/aromatic N) is 3. The second-order valence-corrected chi connectivity index (χ2v) is 11.6. The summed E-state index contributed by atoms with van der Waals surface area (Å²) < 4.78 is 30.5. The molecule has 1 aromatic heterocycles. The number of aromatic nitrogens is 2. The number of hydrogen-bond acceptors (Lipinski definition) is 5. The largest absolute Gasteiger partial charge is 0.335 e. The van der Waals surface area contributed by atoms with Crippen LogP contribution >= 0.6 is 0 Å². The highest BCUT2D eigenvalue weighted by atomic mass is 32.2. The summed E-state index contributed by atoms with van der Waals surface area (Å²) in [5.41, 5.74) is 2.70. The predicted molar refractivity (Wildman–Crippen MR) is 146 cm³/mol. The van der Waals surface area contributed by atoms with Crippen molar-refractivity contribution in [2.24, 2.45) is 5.92 Å². The number of nitrogens with one attached hydrogen (secondary N) is 2. The summed E-state index contributed by atoms with van der Waals surface area (Å²) in [6.45, 7) is 8.02. The number of aryl methyl sites for hydroxylation is 1. The second kappa shape index (κ2) is 11.5. The number of rotatable bonds is 9. The van der Waals surface area contributed by atoms with E-state index in [9.17, 15) is 18.0 Å². The van der Waals surface area contributed by atoms with Gasteiger partial charge in [0, 0.05) is 44.8 Å². The van der Waals surface area contributed by atoms with Crippen molar-refractivity contribution >= 4 is 15.9 Å². The van der Waals surface area contributed by atoms with Gasteiger partial charge < -0.3 is 10.2 Å². The van der Waals surface area contributed by atoms with Crippen LogP contribution < -0.4 is 15.7 Å². The molecule has 2 N–H and O–H groups in total. The molecule has 2 heterocycles. The fourth-order valence-corrected chi connectivity index (χ4v) is 6.10. The van der Waals surface area contributed by atoms with E-state index in [2.05, 4.69) is 10.0 Å². The lowest BCUT2D eigenvalue weighted by Gasteiger charge is -2.28. The van der Waals surface area contributed by atoms with Gasteiger partial charge in [0.15, 0.2) is 0 Å². The van der Waals surface area contributed by atoms with Crippen LogP contribution in [0.1, 0.15) is 29.9 Å². The molecule has 10 heteroatoms. The standard InChI is InChI=1S/C27H35N5O4S/c1-20(2)19-37(35,36)29-15-18-31-25(26(33)30-16-13-28-14-17-30)24(22-10-5-4-6-11-22)32(27(31)34)23-12-8-7-9-21(23)3/h4-12,20,28-29H,13-19H2,1-3H3. The summed E-state index contributed by atoms with van der Waals surface area (Å²) in [5.74, 6) is -0.278. The first kappa shape index (κ1) is 26.8. The fourth-order valence-electron chi connectivity index (χ4n) is 4.70. The van der Waals surface area contributed by atoms with Gasteiger partial charge in [0.05, 0.1) is 17.1 Å². The van der Waals surface area contributed by atoms with Crippen molar-refractivity contribution in [3.8, 4) is 16.9 Å². The molecule has 0 bridgehead atoms. The average Bonchev–Trinajstić information content (AvgIpc) is 3.16. The highest BCUT2D eigenvalue weighted by molar-refractivity contribution is 7.89. The number of para-hydroxylation sites is 1. The molecule has 1 fully saturated rings. The van der Waals surface area contributed by atoms with E-state index in [-0.39, 0.29) is 42.1 Å². The predicted octanol–water partition coefficient (Wildman–Crippen LogP) is 2.24. The van der Waals surface area contributed by atoms with Gasteiger partial charge in [-0.1, -0.05) is 62.4 Å². The molecular formula is C27H35N5O4S. The topological polar surface area (TPSA) is 105 Å². The maximum Gasteiger partial charge on any atom is 0.333 e. The molecule has 3 aromatic rings. The van der Waals surface area contributed by atoms with Crippen molar-refractivity contribution in [1.29, 1.82) is 0 Å². The number of hydrogen-bond donors (Lipinski definition) is 2. The number of benzene rings is 2. The van der Waals surface area contributed by atoms with Crippen LogP contribution in [0.4, 0.5) is 0 Å². The van der Waals surface area contributed by atoms with Gasteiger partial charge in [0.2, 0.25) is 10.0 Å². The molecule has 0 saturated carbocycles. The molecule has 1 amide bonds. The van der Waals surface area contributed by atoms with Crippen LogP contribution in [-0.2, 0) is 16.6 Å². The first-order valence-electron chi connectivity index (χ1n) is 12.6. The quantitative estimate of drug-likeness (QED) is 0.446. The third-order valence-electron chi connectivity index (χ3n) is 6.36. The van der Waals surface area contributed by atoms with Crippen LogP contribution in [0.2, 0.25) is 0 Å². The van der Waals surface area contributed by atoms with Gasteiger partial charge in [0.1, 0.15) is 5.69 Å². The minimum Gasteiger partial charge on any atom is -0.335 e. The molecule has 0 radical (unpaired) electrons. The highest BCUT2D eigenvalue weighted by Crippen LogP contribution is 2.28. The summed E-state index contributed by atoms with van der Waals surface area (Å²) in [6, 6.07) is 16.9. The Balaban J connectivity index is 1.88. The Hall–Kier alpha value is -3.21. The lowest BCUT2D eigenvalue weighted by atomic mass is 10.1. The molecule has 1 aliphatic rings. The van der Waals surface area contributed by atoms with Crippen LogP contribution in [0, 0.1) is 12.8 Å². The summed E-state index contributed by atoms with van der Waals surface area (Å²) >= 11 is 0. The molecule has 0 atom stereocenters. The third-order valence-corrected chi connectivity index (χ3v) is 8.11. The van der Waals surface area contributed by atoms with Crippen molar-refractivity contribution in [3.05, 3.63) is 76.3 Å². The Morgan fingerprint density at radius 3 is 2.32 bits per heavy atom. The first-order valence-corrected chi connectivity index (χ1v) is 14.3. The van der Waals surface area contributed by atoms with Crippen LogP contribution in [0.5, 0.6) is 0 Å². The number of carbonyl (C=O) groups is 1. The number of carbonyl (C=O) groups excluding carboxylic acids is 1. The molecule has 0 aliphatic carbocycles. The Bertz CT molecular complexity index is 1400. The molecular weight excluding hydrogens is 490 g/mol. The fraction of sp³-hybridized carbons (Fsp3) is 0.407. The monoisotopic (exact) mass is 525 g/mol. The molecule has 0 unspecified atom stereocenters. The minimum atomic E-state index is -3.51. The molecule has 198 valence electrons. The second-order valence-electron chi connectivity index (χ2n) is 9.73. The molecule has 37 heavy (non-hydrogen) atoms. The zero-order valence-electron chi connectivity index (χ0n) is 21.6. The summed E-state index contributed by atoms with van der Waals surface area (Å²) in [7, 11) is -3.51. The van der Waals surface area contributed by atoms with E-state index in [1.54, 1.807) is 9.47 Å². The van der Waals surface area contributed by atoms with Crippen LogP contribution in [-0.4, -0.2) is 66.8 Å². The van der Waals surface area contributed by atoms with Crippen LogP contribution in [0.25, 0.3) is 16.9 Å². The number of imidazole rings is 1. The van der Waals surface area contributed by atoms with Gasteiger partial charge in [0.25, 0.3) is 5.91 Å². The zero-order chi connectivity index (χ0) is 26.6. The van der Waals surface area contributed by atoms with E-state index in [4.69, 9.17) is 0 Å². The van der Waals surface area contributed by atoms with Gasteiger partial charge >= 0.3 is 5.69 Å². The molecule has 1 saturated heterocycles. The Labute approximate surface area is 218 Å². The number of piperazine rings is 1. The number of amides is 1. The summed E-state index contributed by atoms with van der Waals surface area (Å²) in [5, 5.41) is 3.25. The summed E-state index contributed by atoms with van der Waals surface area (Å²) in [4.78, 5) is 29.8. The Morgan fingerprint density at radius 2 is 1.68 bits per heavy atom. The molecule has 0 spiro atoms. The van der Waals surface area contributed by atoms with Crippen LogP contribution in [0.3, 0.4) is 0 Å². The third kappa shape index (κ3) is 6.03. The van der Waals surface area contributed by atoms with E-state index in [1.807, 2.05) is 75.4 Å². The maximum absolute atomic E-state index is 14.0. The van der Waals surface area contributed by atoms with Crippen molar-refractivity contribution in [1.82, 2.24) is 24.1 Å². The van der Waals surface area contributed by atoms with E-state index in [0.717, 1.165) is 11.1 Å². The maximum atomic E-state index is 14.0. The van der Waals surface area contributed by atoms with E-state index in [0.29, 0.717) is 37.6 Å². The van der Waals surface area contributed by atoms with Crippen molar-refractivity contribution in [2.75, 3.05) is 38.5 Å². The van der Waals surface area contributed by atoms with Gasteiger partial charge in [-0.15, -0.1) is 0 Å². The van der Waals surface area contributed by atoms with Gasteiger partial charge in [-0.25, -0.2) is 17.9 Å². The van der Waals surface area contributed by atoms with Crippen molar-refractivity contribution in [3.63, 3.8) is 0 Å². The van der Waals surface area contributed by atoms with Gasteiger partial charge in [-0.2, -0.15) is 0 Å². The highest BCUT2D eigenvalue weighted by Gasteiger charge is 2.31. The lowest BCUT2D eigenvalue weighted by molar-refractivity contribution is 0.0725. The van der Waals surface area contributed by atoms with Crippen LogP contribution in [0.15, 0.2) is 59.4 Å². The molecule has 1 aliphatic heterocycles. The molecule has 4 rings (SSSR count). The zero-order valence-corrected chi connectivity index (χ0v) is 22.4. The summed E-state index contributed by atoms with van der Waals surface area (Å²) in [6.07, 6.45) is 0. The SMILES string of the molecule is Cc1ccccc1-n1c(-c2ccccc2)c(C(=O)N2CCNCC2)n(CCNS(=O)(=O)CC(C)C)c1=O. The van der Waals surface area contributed by atoms with Crippen molar-refractivity contribution < 1.29 is 13.2 Å². The minimum absolute atomic E-state index is 0.00279. The molecule has 9 nitrogen and oxygen atoms in total. The van der Waals surface area contributed by atoms with E-state index in [1.165, 1.54) is 4.57 Å². The van der Waals surface area contributed by atoms with Gasteiger partial charge in [-0.3, -0.25) is 13.9 Å². The Kier molecular flexibility index (Phi) is 8.31. The van der Waals surface area contributed by atoms with Crippen molar-refractivity contribution in [2.45, 2.75) is 27.3 Å². The normalized spacial score (nSPS) is 14.3. The van der Waals surface area contributed by atoms with Gasteiger partial charge in [-0.05, 0) is 24.5 Å². The number of sulfonamides is 1. The first-order chi connectivity index (χ1) is 17.7. The average molecular weight is 526 g/mol. The van der Waals surface area contributed by atoms with E-state index >= 15 is 0 Å². The lowest BCUT2D eigenvalue weighted by Crippen LogP contribution is -2.47. The smallest absolute Gasteiger partial charge is 0.333 e. The molecule has 2 aromatic carbocycles. The van der Waals surface area contributed by atoms with E-state index < -0.39 is 10.0 Å². The Morgan fingerprint density at radius 1 is 1.03 bits per heavy atom.